The molecule has 0 saturated carbocycles. The van der Waals surface area contributed by atoms with Crippen LogP contribution in [0.3, 0.4) is 0 Å². The molecule has 0 aliphatic heterocycles. The van der Waals surface area contributed by atoms with Crippen LogP contribution in [-0.2, 0) is 19.7 Å². The van der Waals surface area contributed by atoms with Crippen LogP contribution < -0.4 is 9.47 Å². The van der Waals surface area contributed by atoms with Gasteiger partial charge in [-0.05, 0) is 75.6 Å². The van der Waals surface area contributed by atoms with Gasteiger partial charge in [-0.2, -0.15) is 29.2 Å². The summed E-state index contributed by atoms with van der Waals surface area (Å²) < 4.78 is 43.8. The molecule has 0 saturated heterocycles. The quantitative estimate of drug-likeness (QED) is 0.0959. The molecule has 1 N–H and O–H groups in total. The fourth-order valence-corrected chi connectivity index (χ4v) is 5.00. The smallest absolute Gasteiger partial charge is 0.311 e. The minimum atomic E-state index is -4.55. The van der Waals surface area contributed by atoms with Gasteiger partial charge in [0.1, 0.15) is 15.9 Å². The molecule has 0 bridgehead atoms. The molecule has 14 heteroatoms. The number of aromatic nitrogens is 2. The average Bonchev–Trinajstić information content (AvgIpc) is 3.03. The Labute approximate surface area is 258 Å². The zero-order valence-corrected chi connectivity index (χ0v) is 25.4. The molecular formula is C31H28N6O7S. The van der Waals surface area contributed by atoms with Gasteiger partial charge in [0.05, 0.1) is 12.1 Å². The molecule has 13 nitrogen and oxygen atoms in total. The Morgan fingerprint density at radius 3 is 1.78 bits per heavy atom. The summed E-state index contributed by atoms with van der Waals surface area (Å²) in [5, 5.41) is 28.6. The monoisotopic (exact) mass is 628 g/mol. The van der Waals surface area contributed by atoms with Gasteiger partial charge in [-0.25, -0.2) is 0 Å². The van der Waals surface area contributed by atoms with Gasteiger partial charge < -0.3 is 9.47 Å². The Kier molecular flexibility index (Phi) is 9.51. The molecular weight excluding hydrogens is 600 g/mol. The second-order valence-corrected chi connectivity index (χ2v) is 12.0. The number of pyridine rings is 2. The van der Waals surface area contributed by atoms with E-state index in [1.807, 2.05) is 31.2 Å². The molecule has 45 heavy (non-hydrogen) atoms. The lowest BCUT2D eigenvalue weighted by Crippen LogP contribution is -2.26. The predicted octanol–water partition coefficient (Wildman–Crippen LogP) is 5.43. The fraction of sp³-hybridized carbons (Fsp3) is 0.290. The second kappa shape index (κ2) is 13.1. The van der Waals surface area contributed by atoms with Gasteiger partial charge in [0.25, 0.3) is 10.1 Å². The number of nitriles is 2. The molecule has 0 spiro atoms. The van der Waals surface area contributed by atoms with Crippen molar-refractivity contribution in [3.63, 3.8) is 0 Å². The molecule has 2 aromatic heterocycles. The number of hydrogen-bond acceptors (Lipinski definition) is 12. The van der Waals surface area contributed by atoms with Gasteiger partial charge >= 0.3 is 11.9 Å². The average molecular weight is 629 g/mol. The van der Waals surface area contributed by atoms with E-state index in [1.165, 1.54) is 38.2 Å². The van der Waals surface area contributed by atoms with E-state index in [-0.39, 0.29) is 42.3 Å². The molecule has 0 aliphatic carbocycles. The van der Waals surface area contributed by atoms with Gasteiger partial charge in [-0.1, -0.05) is 12.1 Å². The maximum Gasteiger partial charge on any atom is 0.311 e. The maximum absolute atomic E-state index is 12.7. The molecule has 2 unspecified atom stereocenters. The lowest BCUT2D eigenvalue weighted by atomic mass is 9.97. The van der Waals surface area contributed by atoms with Crippen molar-refractivity contribution >= 4 is 43.9 Å². The van der Waals surface area contributed by atoms with Crippen molar-refractivity contribution in [1.82, 2.24) is 9.97 Å². The second-order valence-electron chi connectivity index (χ2n) is 10.6. The number of hydrogen-bond donors (Lipinski definition) is 1. The number of nitrogens with zero attached hydrogens (tertiary/aromatic N) is 6. The largest absolute Gasteiger partial charge is 0.424 e. The molecule has 0 fully saturated rings. The van der Waals surface area contributed by atoms with Crippen molar-refractivity contribution in [3.8, 4) is 23.6 Å². The molecule has 0 aliphatic rings. The van der Waals surface area contributed by atoms with Gasteiger partial charge in [-0.15, -0.1) is 0 Å². The molecule has 0 radical (unpaired) electrons. The van der Waals surface area contributed by atoms with E-state index in [1.54, 1.807) is 18.3 Å². The summed E-state index contributed by atoms with van der Waals surface area (Å²) in [4.78, 5) is 33.3. The molecule has 2 heterocycles. The lowest BCUT2D eigenvalue weighted by Gasteiger charge is -2.19. The van der Waals surface area contributed by atoms with Crippen LogP contribution in [0.15, 0.2) is 76.0 Å². The van der Waals surface area contributed by atoms with Gasteiger partial charge in [0, 0.05) is 36.0 Å². The first-order chi connectivity index (χ1) is 21.3. The van der Waals surface area contributed by atoms with Gasteiger partial charge in [0.2, 0.25) is 0 Å². The molecule has 4 rings (SSSR count). The van der Waals surface area contributed by atoms with Crippen molar-refractivity contribution < 1.29 is 32.0 Å². The SMILES string of the molecule is Cc1ccc(OC(=O)CCC(C)(C#N)N=NC(C)(C#N)CCC(=O)Oc2ccc(S(=O)(=O)O)c3cccnc23)c2ncccc12. The highest BCUT2D eigenvalue weighted by molar-refractivity contribution is 7.86. The number of benzene rings is 2. The van der Waals surface area contributed by atoms with Crippen LogP contribution in [-0.4, -0.2) is 46.0 Å². The lowest BCUT2D eigenvalue weighted by molar-refractivity contribution is -0.135. The fourth-order valence-electron chi connectivity index (χ4n) is 4.31. The van der Waals surface area contributed by atoms with E-state index in [0.29, 0.717) is 11.3 Å². The Balaban J connectivity index is 1.38. The van der Waals surface area contributed by atoms with Crippen LogP contribution in [0.2, 0.25) is 0 Å². The van der Waals surface area contributed by atoms with Crippen molar-refractivity contribution in [1.29, 1.82) is 10.5 Å². The van der Waals surface area contributed by atoms with Crippen LogP contribution in [0.25, 0.3) is 21.8 Å². The molecule has 0 amide bonds. The maximum atomic E-state index is 12.7. The number of ether oxygens (including phenoxy) is 2. The summed E-state index contributed by atoms with van der Waals surface area (Å²) >= 11 is 0. The van der Waals surface area contributed by atoms with Crippen LogP contribution in [0.4, 0.5) is 0 Å². The first-order valence-electron chi connectivity index (χ1n) is 13.6. The number of fused-ring (bicyclic) bond motifs is 2. The summed E-state index contributed by atoms with van der Waals surface area (Å²) in [5.41, 5.74) is -1.43. The van der Waals surface area contributed by atoms with Gasteiger partial charge in [0.15, 0.2) is 22.6 Å². The van der Waals surface area contributed by atoms with E-state index in [4.69, 9.17) is 9.47 Å². The van der Waals surface area contributed by atoms with Crippen molar-refractivity contribution in [3.05, 3.63) is 66.5 Å². The molecule has 2 atom stereocenters. The van der Waals surface area contributed by atoms with E-state index in [9.17, 15) is 33.1 Å². The number of aryl methyl sites for hydroxylation is 1. The minimum Gasteiger partial charge on any atom is -0.424 e. The van der Waals surface area contributed by atoms with Crippen molar-refractivity contribution in [2.75, 3.05) is 0 Å². The third-order valence-corrected chi connectivity index (χ3v) is 7.89. The number of esters is 2. The van der Waals surface area contributed by atoms with Crippen LogP contribution in [0.1, 0.15) is 45.1 Å². The highest BCUT2D eigenvalue weighted by Crippen LogP contribution is 2.31. The van der Waals surface area contributed by atoms with Gasteiger partial charge in [-0.3, -0.25) is 24.1 Å². The Hall–Kier alpha value is -5.31. The predicted molar refractivity (Wildman–Crippen MR) is 161 cm³/mol. The highest BCUT2D eigenvalue weighted by Gasteiger charge is 2.30. The van der Waals surface area contributed by atoms with Crippen molar-refractivity contribution in [2.45, 2.75) is 62.4 Å². The van der Waals surface area contributed by atoms with Crippen LogP contribution in [0, 0.1) is 29.6 Å². The number of rotatable bonds is 11. The van der Waals surface area contributed by atoms with Crippen LogP contribution >= 0.6 is 0 Å². The Morgan fingerprint density at radius 1 is 0.822 bits per heavy atom. The zero-order valence-electron chi connectivity index (χ0n) is 24.6. The van der Waals surface area contributed by atoms with E-state index < -0.39 is 38.0 Å². The van der Waals surface area contributed by atoms with Crippen LogP contribution in [0.5, 0.6) is 11.5 Å². The number of azo groups is 1. The Morgan fingerprint density at radius 2 is 1.29 bits per heavy atom. The number of carbonyl (C=O) groups is 2. The molecule has 4 aromatic rings. The molecule has 2 aromatic carbocycles. The van der Waals surface area contributed by atoms with E-state index >= 15 is 0 Å². The van der Waals surface area contributed by atoms with E-state index in [0.717, 1.165) is 17.0 Å². The summed E-state index contributed by atoms with van der Waals surface area (Å²) in [7, 11) is -4.55. The summed E-state index contributed by atoms with van der Waals surface area (Å²) in [6.07, 6.45) is 2.34. The zero-order chi connectivity index (χ0) is 32.8. The topological polar surface area (TPSA) is 205 Å². The first-order valence-corrected chi connectivity index (χ1v) is 15.1. The standard InChI is InChI=1S/C31H28N6O7S/c1-20-8-9-23(28-21(20)6-4-16-34-28)43-26(38)12-14-30(2,18-32)36-37-31(3,19-33)15-13-27(39)44-24-10-11-25(45(40,41)42)22-7-5-17-35-29(22)24/h4-11,16-17H,12-15H2,1-3H3,(H,40,41,42). The highest BCUT2D eigenvalue weighted by atomic mass is 32.2. The summed E-state index contributed by atoms with van der Waals surface area (Å²) in [6.45, 7) is 4.82. The Bertz CT molecular complexity index is 2020. The minimum absolute atomic E-state index is 0.0401. The molecule has 230 valence electrons. The number of carbonyl (C=O) groups excluding carboxylic acids is 2. The summed E-state index contributed by atoms with van der Waals surface area (Å²) in [5.74, 6) is -1.10. The third-order valence-electron chi connectivity index (χ3n) is 6.97. The van der Waals surface area contributed by atoms with Crippen molar-refractivity contribution in [2.24, 2.45) is 10.2 Å². The third kappa shape index (κ3) is 7.80. The summed E-state index contributed by atoms with van der Waals surface area (Å²) in [6, 6.07) is 16.3. The normalized spacial score (nSPS) is 14.3. The first kappa shape index (κ1) is 32.6. The van der Waals surface area contributed by atoms with E-state index in [2.05, 4.69) is 20.2 Å².